The Hall–Kier alpha value is -3.73. The standard InChI is InChI=1S/C25H28N6O4S/c1-16-23(36-12-10-27-28-16)19-8-6-18(7-9-19)14-26-24(33)21-13-20(29-35)15-31(21)25(34)17(2)30-11-4-3-5-22(30)32/h3-11,17,20-21,28H,12-15H2,1-2H3,(H,26,33)/t17?,20?,21-/m0/s1. The third-order valence-corrected chi connectivity index (χ3v) is 7.44. The number of nitrogens with one attached hydrogen (secondary N) is 2. The summed E-state index contributed by atoms with van der Waals surface area (Å²) >= 11 is 1.70. The lowest BCUT2D eigenvalue weighted by molar-refractivity contribution is -0.140. The van der Waals surface area contributed by atoms with Gasteiger partial charge in [0.2, 0.25) is 11.8 Å². The summed E-state index contributed by atoms with van der Waals surface area (Å²) in [6.45, 7) is 3.90. The van der Waals surface area contributed by atoms with Crippen LogP contribution in [0.4, 0.5) is 0 Å². The minimum absolute atomic E-state index is 0.0465. The molecule has 36 heavy (non-hydrogen) atoms. The third-order valence-electron chi connectivity index (χ3n) is 6.29. The number of amides is 2. The van der Waals surface area contributed by atoms with Crippen LogP contribution in [0.5, 0.6) is 0 Å². The molecule has 2 N–H and O–H groups in total. The van der Waals surface area contributed by atoms with Crippen LogP contribution in [0.2, 0.25) is 0 Å². The second-order valence-corrected chi connectivity index (χ2v) is 9.76. The van der Waals surface area contributed by atoms with Crippen molar-refractivity contribution in [3.63, 3.8) is 0 Å². The molecular weight excluding hydrogens is 480 g/mol. The molecule has 2 aliphatic rings. The molecule has 0 bridgehead atoms. The summed E-state index contributed by atoms with van der Waals surface area (Å²) in [4.78, 5) is 52.1. The minimum Gasteiger partial charge on any atom is -0.350 e. The first-order chi connectivity index (χ1) is 17.4. The van der Waals surface area contributed by atoms with E-state index >= 15 is 0 Å². The molecule has 3 heterocycles. The predicted octanol–water partition coefficient (Wildman–Crippen LogP) is 2.47. The Morgan fingerprint density at radius 1 is 1.25 bits per heavy atom. The largest absolute Gasteiger partial charge is 0.350 e. The number of hydrogen-bond acceptors (Lipinski definition) is 8. The molecule has 1 fully saturated rings. The number of hydrogen-bond donors (Lipinski definition) is 2. The smallest absolute Gasteiger partial charge is 0.251 e. The van der Waals surface area contributed by atoms with Gasteiger partial charge >= 0.3 is 0 Å². The van der Waals surface area contributed by atoms with Gasteiger partial charge in [0, 0.05) is 54.3 Å². The maximum Gasteiger partial charge on any atom is 0.251 e. The van der Waals surface area contributed by atoms with Gasteiger partial charge in [-0.3, -0.25) is 19.8 Å². The minimum atomic E-state index is -0.831. The number of carbonyl (C=O) groups excluding carboxylic acids is 2. The molecule has 0 spiro atoms. The number of benzene rings is 1. The summed E-state index contributed by atoms with van der Waals surface area (Å²) in [5, 5.41) is 10.1. The summed E-state index contributed by atoms with van der Waals surface area (Å²) in [5.41, 5.74) is 5.63. The molecule has 10 nitrogen and oxygen atoms in total. The number of hydrazone groups is 1. The molecule has 0 saturated carbocycles. The summed E-state index contributed by atoms with van der Waals surface area (Å²) in [6.07, 6.45) is 3.51. The maximum absolute atomic E-state index is 13.2. The fourth-order valence-electron chi connectivity index (χ4n) is 4.34. The van der Waals surface area contributed by atoms with Crippen molar-refractivity contribution in [1.29, 1.82) is 0 Å². The van der Waals surface area contributed by atoms with Crippen molar-refractivity contribution in [3.8, 4) is 0 Å². The summed E-state index contributed by atoms with van der Waals surface area (Å²) in [5.74, 6) is 0.0221. The molecular formula is C25H28N6O4S. The van der Waals surface area contributed by atoms with E-state index < -0.39 is 24.0 Å². The topological polar surface area (TPSA) is 125 Å². The average molecular weight is 509 g/mol. The number of rotatable bonds is 7. The van der Waals surface area contributed by atoms with Crippen molar-refractivity contribution in [2.24, 2.45) is 10.3 Å². The van der Waals surface area contributed by atoms with Crippen molar-refractivity contribution in [2.45, 2.75) is 44.9 Å². The zero-order valence-electron chi connectivity index (χ0n) is 20.1. The first-order valence-electron chi connectivity index (χ1n) is 11.7. The summed E-state index contributed by atoms with van der Waals surface area (Å²) < 4.78 is 1.31. The highest BCUT2D eigenvalue weighted by Crippen LogP contribution is 2.31. The van der Waals surface area contributed by atoms with Crippen molar-refractivity contribution >= 4 is 34.7 Å². The number of carbonyl (C=O) groups is 2. The Morgan fingerprint density at radius 3 is 2.75 bits per heavy atom. The average Bonchev–Trinajstić information content (AvgIpc) is 3.22. The van der Waals surface area contributed by atoms with Gasteiger partial charge in [0.1, 0.15) is 18.1 Å². The maximum atomic E-state index is 13.2. The second-order valence-electron chi connectivity index (χ2n) is 8.73. The molecule has 3 atom stereocenters. The Labute approximate surface area is 212 Å². The normalized spacial score (nSPS) is 20.4. The van der Waals surface area contributed by atoms with Crippen LogP contribution in [0.3, 0.4) is 0 Å². The third kappa shape index (κ3) is 5.56. The Morgan fingerprint density at radius 2 is 2.03 bits per heavy atom. The molecule has 2 aliphatic heterocycles. The van der Waals surface area contributed by atoms with Crippen LogP contribution in [0.25, 0.3) is 4.91 Å². The summed E-state index contributed by atoms with van der Waals surface area (Å²) in [6, 6.07) is 10.2. The SMILES string of the molecule is CC1=C(c2ccc(CNC(=O)[C@@H]3CC(N=O)CN3C(=O)C(C)n3ccccc3=O)cc2)SCC=NN1. The van der Waals surface area contributed by atoms with Crippen LogP contribution in [0, 0.1) is 4.91 Å². The second kappa shape index (κ2) is 11.3. The fraction of sp³-hybridized carbons (Fsp3) is 0.360. The van der Waals surface area contributed by atoms with E-state index in [1.54, 1.807) is 30.8 Å². The fourth-order valence-corrected chi connectivity index (χ4v) is 5.22. The van der Waals surface area contributed by atoms with Gasteiger partial charge in [-0.05, 0) is 31.0 Å². The monoisotopic (exact) mass is 508 g/mol. The number of nitroso groups, excluding NO2 is 1. The number of allylic oxidation sites excluding steroid dienone is 1. The van der Waals surface area contributed by atoms with E-state index in [2.05, 4.69) is 21.0 Å². The summed E-state index contributed by atoms with van der Waals surface area (Å²) in [7, 11) is 0. The predicted molar refractivity (Wildman–Crippen MR) is 140 cm³/mol. The van der Waals surface area contributed by atoms with Crippen LogP contribution in [-0.2, 0) is 16.1 Å². The van der Waals surface area contributed by atoms with Crippen molar-refractivity contribution in [1.82, 2.24) is 20.2 Å². The molecule has 4 rings (SSSR count). The van der Waals surface area contributed by atoms with Gasteiger partial charge in [0.25, 0.3) is 5.56 Å². The lowest BCUT2D eigenvalue weighted by atomic mass is 10.1. The number of aromatic nitrogens is 1. The molecule has 2 unspecified atom stereocenters. The zero-order chi connectivity index (χ0) is 25.7. The Balaban J connectivity index is 1.42. The van der Waals surface area contributed by atoms with Gasteiger partial charge in [-0.15, -0.1) is 11.8 Å². The van der Waals surface area contributed by atoms with E-state index in [-0.39, 0.29) is 31.0 Å². The Bertz CT molecular complexity index is 1260. The van der Waals surface area contributed by atoms with E-state index in [0.717, 1.165) is 27.5 Å². The highest BCUT2D eigenvalue weighted by molar-refractivity contribution is 8.08. The molecule has 0 aliphatic carbocycles. The van der Waals surface area contributed by atoms with Gasteiger partial charge < -0.3 is 14.8 Å². The van der Waals surface area contributed by atoms with E-state index in [1.807, 2.05) is 37.4 Å². The van der Waals surface area contributed by atoms with Crippen LogP contribution < -0.4 is 16.3 Å². The molecule has 188 valence electrons. The van der Waals surface area contributed by atoms with Crippen LogP contribution in [0.15, 0.2) is 69.4 Å². The van der Waals surface area contributed by atoms with E-state index in [1.165, 1.54) is 21.7 Å². The molecule has 1 saturated heterocycles. The van der Waals surface area contributed by atoms with Crippen LogP contribution in [0.1, 0.15) is 37.4 Å². The zero-order valence-corrected chi connectivity index (χ0v) is 20.9. The molecule has 0 radical (unpaired) electrons. The first kappa shape index (κ1) is 25.4. The molecule has 11 heteroatoms. The number of nitrogens with zero attached hydrogens (tertiary/aromatic N) is 4. The molecule has 1 aromatic carbocycles. The molecule has 1 aromatic heterocycles. The first-order valence-corrected chi connectivity index (χ1v) is 12.7. The van der Waals surface area contributed by atoms with Gasteiger partial charge in [0.15, 0.2) is 0 Å². The van der Waals surface area contributed by atoms with Gasteiger partial charge in [-0.1, -0.05) is 35.5 Å². The lowest BCUT2D eigenvalue weighted by Crippen LogP contribution is -2.48. The van der Waals surface area contributed by atoms with E-state index in [9.17, 15) is 19.3 Å². The Kier molecular flexibility index (Phi) is 7.99. The van der Waals surface area contributed by atoms with Gasteiger partial charge in [-0.2, -0.15) is 10.0 Å². The lowest BCUT2D eigenvalue weighted by Gasteiger charge is -2.27. The highest BCUT2D eigenvalue weighted by Gasteiger charge is 2.41. The van der Waals surface area contributed by atoms with Crippen molar-refractivity contribution in [3.05, 3.63) is 80.7 Å². The highest BCUT2D eigenvalue weighted by atomic mass is 32.2. The van der Waals surface area contributed by atoms with E-state index in [4.69, 9.17) is 0 Å². The van der Waals surface area contributed by atoms with Gasteiger partial charge in [0.05, 0.1) is 0 Å². The van der Waals surface area contributed by atoms with Crippen molar-refractivity contribution in [2.75, 3.05) is 12.3 Å². The van der Waals surface area contributed by atoms with Crippen molar-refractivity contribution < 1.29 is 9.59 Å². The number of pyridine rings is 1. The van der Waals surface area contributed by atoms with Crippen LogP contribution in [-0.4, -0.2) is 51.9 Å². The quantitative estimate of drug-likeness (QED) is 0.554. The molecule has 2 aromatic rings. The number of thioether (sulfide) groups is 1. The number of likely N-dealkylation sites (tertiary alicyclic amines) is 1. The van der Waals surface area contributed by atoms with E-state index in [0.29, 0.717) is 0 Å². The van der Waals surface area contributed by atoms with Crippen LogP contribution >= 0.6 is 11.8 Å². The molecule has 2 amide bonds. The van der Waals surface area contributed by atoms with Gasteiger partial charge in [-0.25, -0.2) is 0 Å².